The molecule has 1 atom stereocenters. The Kier molecular flexibility index (Phi) is 6.93. The summed E-state index contributed by atoms with van der Waals surface area (Å²) in [7, 11) is 0.345. The molecule has 3 rings (SSSR count). The molecule has 31 heavy (non-hydrogen) atoms. The van der Waals surface area contributed by atoms with E-state index < -0.39 is 14.0 Å². The average Bonchev–Trinajstić information content (AvgIpc) is 3.07. The van der Waals surface area contributed by atoms with E-state index in [4.69, 9.17) is 19.5 Å². The number of carbonyl (C=O) groups is 2. The molecule has 2 aromatic carbocycles. The molecule has 1 aliphatic rings. The number of hydrogen-bond acceptors (Lipinski definition) is 6. The Morgan fingerprint density at radius 1 is 1.16 bits per heavy atom. The molecule has 0 spiro atoms. The Morgan fingerprint density at radius 3 is 2.48 bits per heavy atom. The molecule has 6 nitrogen and oxygen atoms in total. The molecule has 0 fully saturated rings. The third-order valence-corrected chi connectivity index (χ3v) is 7.01. The van der Waals surface area contributed by atoms with E-state index in [0.29, 0.717) is 41.2 Å². The van der Waals surface area contributed by atoms with E-state index >= 15 is 0 Å². The summed E-state index contributed by atoms with van der Waals surface area (Å²) in [5.74, 6) is -0.320. The molecule has 7 heteroatoms. The van der Waals surface area contributed by atoms with Crippen LogP contribution in [-0.2, 0) is 11.2 Å². The number of carbonyl (C=O) groups excluding carboxylic acids is 2. The highest BCUT2D eigenvalue weighted by Crippen LogP contribution is 2.38. The summed E-state index contributed by atoms with van der Waals surface area (Å²) in [4.78, 5) is 25.8. The van der Waals surface area contributed by atoms with Gasteiger partial charge >= 0.3 is 0 Å². The van der Waals surface area contributed by atoms with Crippen molar-refractivity contribution < 1.29 is 23.8 Å². The summed E-state index contributed by atoms with van der Waals surface area (Å²) >= 11 is 0. The number of benzene rings is 2. The van der Waals surface area contributed by atoms with Gasteiger partial charge in [-0.05, 0) is 42.3 Å². The van der Waals surface area contributed by atoms with Crippen molar-refractivity contribution in [2.45, 2.75) is 32.1 Å². The van der Waals surface area contributed by atoms with Crippen LogP contribution in [-0.4, -0.2) is 40.1 Å². The molecule has 2 aromatic rings. The second-order valence-electron chi connectivity index (χ2n) is 8.82. The zero-order valence-corrected chi connectivity index (χ0v) is 19.4. The zero-order valence-electron chi connectivity index (χ0n) is 18.4. The first-order valence-electron chi connectivity index (χ1n) is 10.2. The van der Waals surface area contributed by atoms with Crippen molar-refractivity contribution in [3.8, 4) is 17.6 Å². The lowest BCUT2D eigenvalue weighted by Crippen LogP contribution is -2.22. The molecule has 0 saturated carbocycles. The summed E-state index contributed by atoms with van der Waals surface area (Å²) < 4.78 is 16.7. The third kappa shape index (κ3) is 5.40. The lowest BCUT2D eigenvalue weighted by atomic mass is 9.94. The minimum absolute atomic E-state index is 0.0984. The van der Waals surface area contributed by atoms with Crippen LogP contribution in [0.5, 0.6) is 11.5 Å². The van der Waals surface area contributed by atoms with Crippen LogP contribution in [0.25, 0.3) is 0 Å². The fourth-order valence-electron chi connectivity index (χ4n) is 3.44. The number of hydrogen-bond donors (Lipinski definition) is 0. The quantitative estimate of drug-likeness (QED) is 0.189. The Morgan fingerprint density at radius 2 is 1.87 bits per heavy atom. The molecular formula is C24H27NO5Si. The van der Waals surface area contributed by atoms with Gasteiger partial charge in [0.25, 0.3) is 0 Å². The second-order valence-corrected chi connectivity index (χ2v) is 14.4. The Labute approximate surface area is 183 Å². The Bertz CT molecular complexity index is 1020. The first-order chi connectivity index (χ1) is 14.7. The number of rotatable bonds is 9. The van der Waals surface area contributed by atoms with Gasteiger partial charge in [0.1, 0.15) is 0 Å². The van der Waals surface area contributed by atoms with Crippen molar-refractivity contribution in [2.75, 3.05) is 20.5 Å². The van der Waals surface area contributed by atoms with Crippen LogP contribution in [0, 0.1) is 17.2 Å². The molecule has 162 valence electrons. The number of ketones is 2. The topological polar surface area (TPSA) is 85.6 Å². The van der Waals surface area contributed by atoms with Crippen molar-refractivity contribution in [2.24, 2.45) is 5.92 Å². The predicted molar refractivity (Wildman–Crippen MR) is 120 cm³/mol. The summed E-state index contributed by atoms with van der Waals surface area (Å²) in [6.07, 6.45) is 0.309. The largest absolute Gasteiger partial charge is 0.493 e. The van der Waals surface area contributed by atoms with Crippen molar-refractivity contribution in [1.29, 1.82) is 5.26 Å². The smallest absolute Gasteiger partial charge is 0.189 e. The fraction of sp³-hybridized carbons (Fsp3) is 0.375. The molecule has 0 bridgehead atoms. The summed E-state index contributed by atoms with van der Waals surface area (Å²) in [5, 5.41) is 8.92. The number of fused-ring (bicyclic) bond motifs is 1. The van der Waals surface area contributed by atoms with Gasteiger partial charge in [0.15, 0.2) is 29.9 Å². The van der Waals surface area contributed by atoms with Crippen LogP contribution in [0.3, 0.4) is 0 Å². The molecular weight excluding hydrogens is 410 g/mol. The monoisotopic (exact) mass is 437 g/mol. The van der Waals surface area contributed by atoms with Crippen molar-refractivity contribution in [1.82, 2.24) is 0 Å². The second kappa shape index (κ2) is 9.46. The van der Waals surface area contributed by atoms with Crippen molar-refractivity contribution >= 4 is 19.6 Å². The minimum atomic E-state index is -1.17. The predicted octanol–water partition coefficient (Wildman–Crippen LogP) is 4.50. The van der Waals surface area contributed by atoms with Crippen LogP contribution in [0.1, 0.15) is 31.8 Å². The van der Waals surface area contributed by atoms with Crippen LogP contribution in [0.15, 0.2) is 36.4 Å². The Hall–Kier alpha value is -2.95. The third-order valence-electron chi connectivity index (χ3n) is 5.30. The maximum absolute atomic E-state index is 12.9. The fourth-order valence-corrected chi connectivity index (χ4v) is 4.19. The van der Waals surface area contributed by atoms with Gasteiger partial charge in [-0.15, -0.1) is 0 Å². The molecule has 0 aromatic heterocycles. The molecule has 0 aliphatic heterocycles. The van der Waals surface area contributed by atoms with E-state index in [0.717, 1.165) is 11.6 Å². The highest BCUT2D eigenvalue weighted by molar-refractivity contribution is 6.76. The summed E-state index contributed by atoms with van der Waals surface area (Å²) in [6.45, 7) is 7.60. The first-order valence-corrected chi connectivity index (χ1v) is 13.9. The number of methoxy groups -OCH3 is 1. The van der Waals surface area contributed by atoms with E-state index in [2.05, 4.69) is 19.6 Å². The minimum Gasteiger partial charge on any atom is -0.493 e. The zero-order chi connectivity index (χ0) is 22.6. The molecule has 0 N–H and O–H groups in total. The first kappa shape index (κ1) is 22.7. The maximum atomic E-state index is 12.9. The number of Topliss-reactive ketones (excluding diaryl/α,β-unsaturated/α-hetero) is 2. The van der Waals surface area contributed by atoms with Crippen molar-refractivity contribution in [3.63, 3.8) is 0 Å². The lowest BCUT2D eigenvalue weighted by Gasteiger charge is -2.16. The highest BCUT2D eigenvalue weighted by Gasteiger charge is 2.37. The van der Waals surface area contributed by atoms with E-state index in [1.807, 2.05) is 6.07 Å². The van der Waals surface area contributed by atoms with Gasteiger partial charge < -0.3 is 14.2 Å². The molecule has 0 saturated heterocycles. The molecule has 0 amide bonds. The number of ether oxygens (including phenoxy) is 3. The van der Waals surface area contributed by atoms with Gasteiger partial charge in [0.05, 0.1) is 24.7 Å². The van der Waals surface area contributed by atoms with E-state index in [1.165, 1.54) is 7.11 Å². The van der Waals surface area contributed by atoms with Gasteiger partial charge in [-0.2, -0.15) is 5.26 Å². The van der Waals surface area contributed by atoms with Crippen LogP contribution >= 0.6 is 0 Å². The van der Waals surface area contributed by atoms with Gasteiger partial charge in [0.2, 0.25) is 0 Å². The van der Waals surface area contributed by atoms with E-state index in [9.17, 15) is 9.59 Å². The van der Waals surface area contributed by atoms with Crippen LogP contribution in [0.2, 0.25) is 25.7 Å². The van der Waals surface area contributed by atoms with Crippen LogP contribution in [0.4, 0.5) is 0 Å². The normalized spacial score (nSPS) is 15.3. The molecule has 0 heterocycles. The van der Waals surface area contributed by atoms with Gasteiger partial charge in [-0.25, -0.2) is 0 Å². The average molecular weight is 438 g/mol. The number of nitrogens with zero attached hydrogens (tertiary/aromatic N) is 1. The lowest BCUT2D eigenvalue weighted by molar-refractivity contribution is 0.0205. The van der Waals surface area contributed by atoms with Gasteiger partial charge in [-0.3, -0.25) is 9.59 Å². The van der Waals surface area contributed by atoms with E-state index in [1.54, 1.807) is 36.4 Å². The van der Waals surface area contributed by atoms with Gasteiger partial charge in [-0.1, -0.05) is 31.8 Å². The maximum Gasteiger partial charge on any atom is 0.189 e. The molecule has 1 aliphatic carbocycles. The SMILES string of the molecule is COc1cc2c(cc1OCOCC[Si](C)(C)C)CC(C(=O)c1ccc(C#N)cc1)C2=O. The standard InChI is InChI=1S/C24H27NO5Si/c1-28-21-13-19-18(12-22(21)30-15-29-9-10-31(2,3)4)11-20(24(19)27)23(26)17-7-5-16(14-25)6-8-17/h5-8,12-13,20H,9-11,15H2,1-4H3. The molecule has 0 radical (unpaired) electrons. The van der Waals surface area contributed by atoms with Crippen molar-refractivity contribution in [3.05, 3.63) is 58.7 Å². The number of nitriles is 1. The summed E-state index contributed by atoms with van der Waals surface area (Å²) in [5.41, 5.74) is 2.13. The van der Waals surface area contributed by atoms with Crippen LogP contribution < -0.4 is 9.47 Å². The van der Waals surface area contributed by atoms with Gasteiger partial charge in [0, 0.05) is 25.8 Å². The van der Waals surface area contributed by atoms with E-state index in [-0.39, 0.29) is 18.4 Å². The summed E-state index contributed by atoms with van der Waals surface area (Å²) in [6, 6.07) is 12.8. The highest BCUT2D eigenvalue weighted by atomic mass is 28.3. The molecule has 1 unspecified atom stereocenters. The Balaban J connectivity index is 1.71.